The van der Waals surface area contributed by atoms with E-state index in [2.05, 4.69) is 5.32 Å². The molecule has 0 spiro atoms. The minimum Gasteiger partial charge on any atom is -0.508 e. The highest BCUT2D eigenvalue weighted by Crippen LogP contribution is 2.23. The monoisotopic (exact) mass is 384 g/mol. The van der Waals surface area contributed by atoms with Gasteiger partial charge in [0, 0.05) is 30.8 Å². The molecule has 3 rings (SSSR count). The number of likely N-dealkylation sites (tertiary alicyclic amines) is 1. The zero-order valence-corrected chi connectivity index (χ0v) is 15.5. The van der Waals surface area contributed by atoms with Gasteiger partial charge in [0.05, 0.1) is 13.0 Å². The molecule has 1 aliphatic rings. The number of hydrogen-bond acceptors (Lipinski definition) is 5. The number of nitrogens with one attached hydrogen (secondary N) is 1. The van der Waals surface area contributed by atoms with E-state index >= 15 is 0 Å². The van der Waals surface area contributed by atoms with E-state index in [1.54, 1.807) is 4.90 Å². The van der Waals surface area contributed by atoms with Crippen LogP contribution in [0.4, 0.5) is 0 Å². The Morgan fingerprint density at radius 1 is 1.04 bits per heavy atom. The number of hydrogen-bond donors (Lipinski definition) is 3. The van der Waals surface area contributed by atoms with Crippen molar-refractivity contribution in [1.82, 2.24) is 10.2 Å². The fourth-order valence-corrected chi connectivity index (χ4v) is 3.21. The highest BCUT2D eigenvalue weighted by molar-refractivity contribution is 5.95. The van der Waals surface area contributed by atoms with Crippen LogP contribution in [0, 0.1) is 0 Å². The fourth-order valence-electron chi connectivity index (χ4n) is 3.21. The maximum atomic E-state index is 12.5. The summed E-state index contributed by atoms with van der Waals surface area (Å²) < 4.78 is 5.53. The van der Waals surface area contributed by atoms with Gasteiger partial charge < -0.3 is 25.2 Å². The Hall–Kier alpha value is -3.22. The summed E-state index contributed by atoms with van der Waals surface area (Å²) in [4.78, 5) is 26.3. The number of phenols is 2. The molecule has 0 bridgehead atoms. The Morgan fingerprint density at radius 2 is 1.68 bits per heavy atom. The number of rotatable bonds is 6. The van der Waals surface area contributed by atoms with Gasteiger partial charge in [0.25, 0.3) is 5.91 Å². The van der Waals surface area contributed by atoms with Crippen molar-refractivity contribution in [2.24, 2.45) is 0 Å². The van der Waals surface area contributed by atoms with E-state index in [0.717, 1.165) is 5.75 Å². The number of piperidine rings is 1. The molecule has 0 unspecified atom stereocenters. The van der Waals surface area contributed by atoms with Crippen molar-refractivity contribution in [3.63, 3.8) is 0 Å². The molecule has 7 nitrogen and oxygen atoms in total. The first-order valence-electron chi connectivity index (χ1n) is 9.31. The molecule has 0 aliphatic carbocycles. The van der Waals surface area contributed by atoms with Crippen LogP contribution in [0.3, 0.4) is 0 Å². The quantitative estimate of drug-likeness (QED) is 0.710. The van der Waals surface area contributed by atoms with Gasteiger partial charge in [-0.15, -0.1) is 0 Å². The van der Waals surface area contributed by atoms with Crippen LogP contribution in [0.1, 0.15) is 29.6 Å². The van der Waals surface area contributed by atoms with Gasteiger partial charge in [0.1, 0.15) is 17.2 Å². The first kappa shape index (κ1) is 19.5. The minimum atomic E-state index is -0.243. The summed E-state index contributed by atoms with van der Waals surface area (Å²) in [6.07, 6.45) is 1.58. The van der Waals surface area contributed by atoms with E-state index in [1.165, 1.54) is 18.2 Å². The third kappa shape index (κ3) is 5.39. The summed E-state index contributed by atoms with van der Waals surface area (Å²) >= 11 is 0. The molecule has 0 radical (unpaired) electrons. The largest absolute Gasteiger partial charge is 0.508 e. The molecule has 1 saturated heterocycles. The van der Waals surface area contributed by atoms with Gasteiger partial charge >= 0.3 is 0 Å². The zero-order chi connectivity index (χ0) is 19.9. The second-order valence-corrected chi connectivity index (χ2v) is 6.78. The van der Waals surface area contributed by atoms with Crippen molar-refractivity contribution in [1.29, 1.82) is 0 Å². The molecule has 2 amide bonds. The summed E-state index contributed by atoms with van der Waals surface area (Å²) in [5.74, 6) is 0.123. The molecule has 148 valence electrons. The number of amides is 2. The van der Waals surface area contributed by atoms with E-state index in [1.807, 2.05) is 30.3 Å². The zero-order valence-electron chi connectivity index (χ0n) is 15.5. The predicted molar refractivity (Wildman–Crippen MR) is 103 cm³/mol. The van der Waals surface area contributed by atoms with E-state index in [-0.39, 0.29) is 41.3 Å². The topological polar surface area (TPSA) is 99.1 Å². The van der Waals surface area contributed by atoms with E-state index in [0.29, 0.717) is 32.5 Å². The molecular weight excluding hydrogens is 360 g/mol. The molecule has 7 heteroatoms. The van der Waals surface area contributed by atoms with E-state index in [9.17, 15) is 19.8 Å². The second-order valence-electron chi connectivity index (χ2n) is 6.78. The molecule has 2 aromatic rings. The summed E-state index contributed by atoms with van der Waals surface area (Å²) in [5.41, 5.74) is 0.248. The van der Waals surface area contributed by atoms with Crippen molar-refractivity contribution in [2.45, 2.75) is 25.3 Å². The van der Waals surface area contributed by atoms with Gasteiger partial charge in [0.2, 0.25) is 5.91 Å². The first-order chi connectivity index (χ1) is 13.5. The van der Waals surface area contributed by atoms with Gasteiger partial charge in [-0.3, -0.25) is 9.59 Å². The van der Waals surface area contributed by atoms with Gasteiger partial charge in [-0.1, -0.05) is 18.2 Å². The Kier molecular flexibility index (Phi) is 6.37. The molecule has 0 saturated carbocycles. The molecule has 2 aromatic carbocycles. The van der Waals surface area contributed by atoms with Crippen LogP contribution >= 0.6 is 0 Å². The molecule has 3 N–H and O–H groups in total. The van der Waals surface area contributed by atoms with Crippen molar-refractivity contribution in [3.05, 3.63) is 54.1 Å². The van der Waals surface area contributed by atoms with Gasteiger partial charge in [-0.2, -0.15) is 0 Å². The van der Waals surface area contributed by atoms with Crippen LogP contribution in [0.15, 0.2) is 48.5 Å². The molecule has 1 aliphatic heterocycles. The van der Waals surface area contributed by atoms with Gasteiger partial charge in [-0.25, -0.2) is 0 Å². The van der Waals surface area contributed by atoms with Gasteiger partial charge in [0.15, 0.2) is 0 Å². The van der Waals surface area contributed by atoms with Crippen molar-refractivity contribution in [3.8, 4) is 17.2 Å². The summed E-state index contributed by atoms with van der Waals surface area (Å²) in [6, 6.07) is 13.2. The predicted octanol–water partition coefficient (Wildman–Crippen LogP) is 2.29. The van der Waals surface area contributed by atoms with Crippen LogP contribution in [-0.4, -0.2) is 52.7 Å². The number of aromatic hydroxyl groups is 2. The lowest BCUT2D eigenvalue weighted by Gasteiger charge is -2.32. The van der Waals surface area contributed by atoms with Crippen molar-refractivity contribution >= 4 is 11.8 Å². The second kappa shape index (κ2) is 9.12. The first-order valence-corrected chi connectivity index (χ1v) is 9.31. The van der Waals surface area contributed by atoms with Crippen molar-refractivity contribution in [2.75, 3.05) is 19.7 Å². The summed E-state index contributed by atoms with van der Waals surface area (Å²) in [7, 11) is 0. The standard InChI is InChI=1S/C21H24N2O5/c24-17-12-15(13-18(25)14-17)21(27)23-9-6-16(7-10-23)22-20(26)8-11-28-19-4-2-1-3-5-19/h1-5,12-14,16,24-25H,6-11H2,(H,22,26). The Balaban J connectivity index is 1.41. The molecular formula is C21H24N2O5. The molecule has 1 heterocycles. The number of benzene rings is 2. The Morgan fingerprint density at radius 3 is 2.32 bits per heavy atom. The molecule has 28 heavy (non-hydrogen) atoms. The fraction of sp³-hybridized carbons (Fsp3) is 0.333. The smallest absolute Gasteiger partial charge is 0.254 e. The van der Waals surface area contributed by atoms with E-state index in [4.69, 9.17) is 4.74 Å². The lowest BCUT2D eigenvalue weighted by molar-refractivity contribution is -0.122. The molecule has 0 aromatic heterocycles. The Labute approximate surface area is 163 Å². The van der Waals surface area contributed by atoms with Crippen LogP contribution in [-0.2, 0) is 4.79 Å². The SMILES string of the molecule is O=C(CCOc1ccccc1)NC1CCN(C(=O)c2cc(O)cc(O)c2)CC1. The number of ether oxygens (including phenoxy) is 1. The summed E-state index contributed by atoms with van der Waals surface area (Å²) in [6.45, 7) is 1.32. The highest BCUT2D eigenvalue weighted by Gasteiger charge is 2.25. The third-order valence-electron chi connectivity index (χ3n) is 4.64. The Bertz CT molecular complexity index is 797. The number of nitrogens with zero attached hydrogens (tertiary/aromatic N) is 1. The van der Waals surface area contributed by atoms with E-state index < -0.39 is 0 Å². The maximum absolute atomic E-state index is 12.5. The van der Waals surface area contributed by atoms with Crippen LogP contribution in [0.5, 0.6) is 17.2 Å². The molecule has 1 fully saturated rings. The highest BCUT2D eigenvalue weighted by atomic mass is 16.5. The average molecular weight is 384 g/mol. The number of para-hydroxylation sites is 1. The number of carbonyl (C=O) groups excluding carboxylic acids is 2. The van der Waals surface area contributed by atoms with Crippen molar-refractivity contribution < 1.29 is 24.5 Å². The van der Waals surface area contributed by atoms with Crippen LogP contribution < -0.4 is 10.1 Å². The lowest BCUT2D eigenvalue weighted by Crippen LogP contribution is -2.46. The van der Waals surface area contributed by atoms with Gasteiger partial charge in [-0.05, 0) is 37.1 Å². The van der Waals surface area contributed by atoms with Crippen LogP contribution in [0.25, 0.3) is 0 Å². The molecule has 0 atom stereocenters. The average Bonchev–Trinajstić information content (AvgIpc) is 2.68. The number of carbonyl (C=O) groups is 2. The number of phenolic OH excluding ortho intramolecular Hbond substituents is 2. The van der Waals surface area contributed by atoms with Crippen LogP contribution in [0.2, 0.25) is 0 Å². The minimum absolute atomic E-state index is 0.0193. The lowest BCUT2D eigenvalue weighted by atomic mass is 10.0. The third-order valence-corrected chi connectivity index (χ3v) is 4.64. The normalized spacial score (nSPS) is 14.5. The maximum Gasteiger partial charge on any atom is 0.254 e. The summed E-state index contributed by atoms with van der Waals surface area (Å²) in [5, 5.41) is 22.1.